The molecule has 1 N–H and O–H groups in total. The van der Waals surface area contributed by atoms with Crippen molar-refractivity contribution in [1.29, 1.82) is 0 Å². The van der Waals surface area contributed by atoms with Gasteiger partial charge < -0.3 is 24.1 Å². The molecule has 0 aliphatic carbocycles. The van der Waals surface area contributed by atoms with Crippen LogP contribution in [0, 0.1) is 6.92 Å². The van der Waals surface area contributed by atoms with E-state index in [9.17, 15) is 9.59 Å². The number of nitrogens with zero attached hydrogens (tertiary/aromatic N) is 1. The third kappa shape index (κ3) is 4.59. The minimum Gasteiger partial charge on any atom is -0.497 e. The highest BCUT2D eigenvalue weighted by atomic mass is 16.5. The number of fused-ring (bicyclic) bond motifs is 1. The molecule has 34 heavy (non-hydrogen) atoms. The van der Waals surface area contributed by atoms with Crippen molar-refractivity contribution in [3.8, 4) is 17.2 Å². The van der Waals surface area contributed by atoms with Crippen molar-refractivity contribution < 1.29 is 19.0 Å². The Kier molecular flexibility index (Phi) is 6.54. The van der Waals surface area contributed by atoms with Crippen LogP contribution in [0.15, 0.2) is 71.5 Å². The molecule has 0 spiro atoms. The Balaban J connectivity index is 1.80. The van der Waals surface area contributed by atoms with E-state index in [1.807, 2.05) is 31.2 Å². The first-order chi connectivity index (χ1) is 16.4. The predicted molar refractivity (Wildman–Crippen MR) is 132 cm³/mol. The Bertz CT molecular complexity index is 1410. The van der Waals surface area contributed by atoms with Gasteiger partial charge in [-0.2, -0.15) is 0 Å². The molecule has 0 fully saturated rings. The van der Waals surface area contributed by atoms with Crippen LogP contribution in [0.3, 0.4) is 0 Å². The number of aromatic nitrogens is 1. The molecule has 1 heterocycles. The van der Waals surface area contributed by atoms with Gasteiger partial charge >= 0.3 is 0 Å². The van der Waals surface area contributed by atoms with Gasteiger partial charge in [0.25, 0.3) is 11.5 Å². The average molecular weight is 459 g/mol. The van der Waals surface area contributed by atoms with Crippen LogP contribution in [0.2, 0.25) is 0 Å². The minimum atomic E-state index is -0.294. The normalized spacial score (nSPS) is 10.7. The number of rotatable bonds is 7. The molecule has 0 saturated heterocycles. The summed E-state index contributed by atoms with van der Waals surface area (Å²) in [6.07, 6.45) is 0. The van der Waals surface area contributed by atoms with E-state index < -0.39 is 0 Å². The number of nitrogens with one attached hydrogen (secondary N) is 1. The lowest BCUT2D eigenvalue weighted by molar-refractivity contribution is 0.0984. The van der Waals surface area contributed by atoms with E-state index in [1.165, 1.54) is 14.2 Å². The van der Waals surface area contributed by atoms with Crippen molar-refractivity contribution >= 4 is 22.5 Å². The number of benzene rings is 3. The number of pyridine rings is 1. The Hall–Kier alpha value is -4.26. The van der Waals surface area contributed by atoms with E-state index >= 15 is 0 Å². The number of ether oxygens (including phenoxy) is 3. The van der Waals surface area contributed by atoms with Crippen LogP contribution < -0.4 is 24.7 Å². The molecule has 4 rings (SSSR count). The Morgan fingerprint density at radius 2 is 1.68 bits per heavy atom. The fourth-order valence-electron chi connectivity index (χ4n) is 3.83. The lowest BCUT2D eigenvalue weighted by Gasteiger charge is -2.24. The number of aromatic amines is 1. The first-order valence-corrected chi connectivity index (χ1v) is 10.7. The molecule has 0 unspecified atom stereocenters. The van der Waals surface area contributed by atoms with Gasteiger partial charge in [0, 0.05) is 28.4 Å². The zero-order valence-corrected chi connectivity index (χ0v) is 19.5. The summed E-state index contributed by atoms with van der Waals surface area (Å²) in [6, 6.07) is 19.8. The lowest BCUT2D eigenvalue weighted by Crippen LogP contribution is -2.33. The number of methoxy groups -OCH3 is 3. The number of H-pyrrole nitrogens is 1. The molecule has 0 atom stereocenters. The van der Waals surface area contributed by atoms with Crippen LogP contribution in [0.1, 0.15) is 21.5 Å². The summed E-state index contributed by atoms with van der Waals surface area (Å²) in [5.74, 6) is 1.27. The first kappa shape index (κ1) is 22.9. The molecule has 1 aromatic heterocycles. The van der Waals surface area contributed by atoms with Crippen LogP contribution in [0.5, 0.6) is 17.2 Å². The van der Waals surface area contributed by atoms with Gasteiger partial charge in [-0.1, -0.05) is 18.2 Å². The fourth-order valence-corrected chi connectivity index (χ4v) is 3.83. The van der Waals surface area contributed by atoms with E-state index in [-0.39, 0.29) is 18.0 Å². The quantitative estimate of drug-likeness (QED) is 0.434. The van der Waals surface area contributed by atoms with Crippen LogP contribution >= 0.6 is 0 Å². The molecule has 0 bridgehead atoms. The first-order valence-electron chi connectivity index (χ1n) is 10.7. The molecule has 3 aromatic carbocycles. The molecule has 4 aromatic rings. The molecular weight excluding hydrogens is 432 g/mol. The van der Waals surface area contributed by atoms with Gasteiger partial charge in [0.1, 0.15) is 5.75 Å². The van der Waals surface area contributed by atoms with Gasteiger partial charge in [-0.15, -0.1) is 0 Å². The molecule has 7 heteroatoms. The Morgan fingerprint density at radius 1 is 0.882 bits per heavy atom. The Morgan fingerprint density at radius 3 is 2.41 bits per heavy atom. The zero-order chi connectivity index (χ0) is 24.2. The number of carbonyl (C=O) groups is 1. The molecule has 7 nitrogen and oxygen atoms in total. The second-order valence-electron chi connectivity index (χ2n) is 7.88. The topological polar surface area (TPSA) is 80.9 Å². The SMILES string of the molecule is COc1cccc(N(Cc2cc3ccc(C)cc3[nH]c2=O)C(=O)c2ccc(OC)c(OC)c2)c1. The van der Waals surface area contributed by atoms with Crippen LogP contribution in [-0.2, 0) is 6.54 Å². The van der Waals surface area contributed by atoms with Gasteiger partial charge in [0.05, 0.1) is 27.9 Å². The average Bonchev–Trinajstić information content (AvgIpc) is 2.86. The number of amides is 1. The maximum atomic E-state index is 13.7. The van der Waals surface area contributed by atoms with Crippen molar-refractivity contribution in [2.24, 2.45) is 0 Å². The summed E-state index contributed by atoms with van der Waals surface area (Å²) < 4.78 is 16.0. The van der Waals surface area contributed by atoms with Gasteiger partial charge in [-0.05, 0) is 60.3 Å². The number of aryl methyl sites for hydroxylation is 1. The minimum absolute atomic E-state index is 0.0689. The van der Waals surface area contributed by atoms with Gasteiger partial charge in [-0.25, -0.2) is 0 Å². The molecule has 174 valence electrons. The zero-order valence-electron chi connectivity index (χ0n) is 19.5. The Labute approximate surface area is 197 Å². The predicted octanol–water partition coefficient (Wildman–Crippen LogP) is 4.71. The number of hydrogen-bond acceptors (Lipinski definition) is 5. The molecule has 1 amide bonds. The van der Waals surface area contributed by atoms with Crippen molar-refractivity contribution in [3.63, 3.8) is 0 Å². The van der Waals surface area contributed by atoms with E-state index in [0.717, 1.165) is 16.5 Å². The maximum absolute atomic E-state index is 13.7. The standard InChI is InChI=1S/C27H26N2O5/c1-17-8-9-18-13-20(26(30)28-23(18)12-17)16-29(21-6-5-7-22(15-21)32-2)27(31)19-10-11-24(33-3)25(14-19)34-4/h5-15H,16H2,1-4H3,(H,28,30). The van der Waals surface area contributed by atoms with Gasteiger partial charge in [0.15, 0.2) is 11.5 Å². The summed E-state index contributed by atoms with van der Waals surface area (Å²) in [7, 11) is 4.62. The highest BCUT2D eigenvalue weighted by Gasteiger charge is 2.22. The number of hydrogen-bond donors (Lipinski definition) is 1. The largest absolute Gasteiger partial charge is 0.497 e. The monoisotopic (exact) mass is 458 g/mol. The smallest absolute Gasteiger partial charge is 0.258 e. The second-order valence-corrected chi connectivity index (χ2v) is 7.88. The third-order valence-corrected chi connectivity index (χ3v) is 5.65. The highest BCUT2D eigenvalue weighted by molar-refractivity contribution is 6.06. The van der Waals surface area contributed by atoms with Crippen molar-refractivity contribution in [1.82, 2.24) is 4.98 Å². The summed E-state index contributed by atoms with van der Waals surface area (Å²) in [4.78, 5) is 31.1. The number of carbonyl (C=O) groups excluding carboxylic acids is 1. The van der Waals surface area contributed by atoms with Crippen molar-refractivity contribution in [3.05, 3.63) is 93.8 Å². The highest BCUT2D eigenvalue weighted by Crippen LogP contribution is 2.30. The summed E-state index contributed by atoms with van der Waals surface area (Å²) in [6.45, 7) is 2.04. The van der Waals surface area contributed by atoms with Crippen LogP contribution in [-0.4, -0.2) is 32.2 Å². The summed E-state index contributed by atoms with van der Waals surface area (Å²) >= 11 is 0. The van der Waals surface area contributed by atoms with Crippen LogP contribution in [0.25, 0.3) is 10.9 Å². The fraction of sp³-hybridized carbons (Fsp3) is 0.185. The van der Waals surface area contributed by atoms with E-state index in [2.05, 4.69) is 4.98 Å². The third-order valence-electron chi connectivity index (χ3n) is 5.65. The van der Waals surface area contributed by atoms with E-state index in [4.69, 9.17) is 14.2 Å². The van der Waals surface area contributed by atoms with E-state index in [1.54, 1.807) is 54.5 Å². The molecule has 0 aliphatic rings. The number of anilines is 1. The van der Waals surface area contributed by atoms with Crippen LogP contribution in [0.4, 0.5) is 5.69 Å². The summed E-state index contributed by atoms with van der Waals surface area (Å²) in [5, 5.41) is 0.893. The molecule has 0 radical (unpaired) electrons. The lowest BCUT2D eigenvalue weighted by atomic mass is 10.1. The second kappa shape index (κ2) is 9.70. The molecular formula is C27H26N2O5. The van der Waals surface area contributed by atoms with E-state index in [0.29, 0.717) is 34.1 Å². The molecule has 0 saturated carbocycles. The maximum Gasteiger partial charge on any atom is 0.258 e. The van der Waals surface area contributed by atoms with Crippen molar-refractivity contribution in [2.75, 3.05) is 26.2 Å². The van der Waals surface area contributed by atoms with Crippen molar-refractivity contribution in [2.45, 2.75) is 13.5 Å². The van der Waals surface area contributed by atoms with Gasteiger partial charge in [0.2, 0.25) is 0 Å². The molecule has 0 aliphatic heterocycles. The van der Waals surface area contributed by atoms with Gasteiger partial charge in [-0.3, -0.25) is 9.59 Å². The summed E-state index contributed by atoms with van der Waals surface area (Å²) in [5.41, 5.74) is 3.03.